The van der Waals surface area contributed by atoms with E-state index in [4.69, 9.17) is 15.2 Å². The molecule has 0 fully saturated rings. The molecule has 0 saturated carbocycles. The predicted octanol–water partition coefficient (Wildman–Crippen LogP) is 5.12. The van der Waals surface area contributed by atoms with Gasteiger partial charge in [0.2, 0.25) is 6.10 Å². The number of nitrogens with one attached hydrogen (secondary N) is 1. The Kier molecular flexibility index (Phi) is 7.48. The van der Waals surface area contributed by atoms with Crippen LogP contribution in [0.3, 0.4) is 0 Å². The van der Waals surface area contributed by atoms with Crippen molar-refractivity contribution in [2.24, 2.45) is 0 Å². The van der Waals surface area contributed by atoms with Crippen LogP contribution in [0.5, 0.6) is 11.5 Å². The average molecular weight is 504 g/mol. The molecule has 1 aromatic heterocycles. The zero-order valence-corrected chi connectivity index (χ0v) is 18.8. The molecular formula is C22H22F6N4O3. The molecule has 0 aliphatic heterocycles. The maximum atomic E-state index is 13.4. The Morgan fingerprint density at radius 1 is 0.971 bits per heavy atom. The fourth-order valence-corrected chi connectivity index (χ4v) is 3.31. The lowest BCUT2D eigenvalue weighted by atomic mass is 10.1. The second-order valence-corrected chi connectivity index (χ2v) is 7.56. The summed E-state index contributed by atoms with van der Waals surface area (Å²) < 4.78 is 94.4. The molecule has 0 bridgehead atoms. The lowest BCUT2D eigenvalue weighted by Gasteiger charge is -2.22. The number of aryl methyl sites for hydroxylation is 1. The molecule has 0 amide bonds. The molecule has 1 atom stereocenters. The van der Waals surface area contributed by atoms with E-state index in [1.807, 2.05) is 0 Å². The number of rotatable bonds is 8. The molecule has 1 heterocycles. The first-order valence-electron chi connectivity index (χ1n) is 10.1. The Labute approximate surface area is 196 Å². The van der Waals surface area contributed by atoms with Crippen molar-refractivity contribution in [2.45, 2.75) is 31.9 Å². The van der Waals surface area contributed by atoms with Gasteiger partial charge < -0.3 is 25.3 Å². The molecule has 1 unspecified atom stereocenters. The van der Waals surface area contributed by atoms with Crippen molar-refractivity contribution >= 4 is 22.4 Å². The molecule has 0 aliphatic carbocycles. The topological polar surface area (TPSA) is 91.5 Å². The van der Waals surface area contributed by atoms with Crippen molar-refractivity contribution in [1.29, 1.82) is 0 Å². The molecule has 0 radical (unpaired) electrons. The Hall–Kier alpha value is -3.48. The van der Waals surface area contributed by atoms with Crippen LogP contribution in [0.25, 0.3) is 10.9 Å². The van der Waals surface area contributed by atoms with Crippen LogP contribution in [-0.4, -0.2) is 43.1 Å². The molecule has 3 rings (SSSR count). The number of methoxy groups -OCH3 is 2. The first kappa shape index (κ1) is 26.1. The summed E-state index contributed by atoms with van der Waals surface area (Å²) in [4.78, 5) is 8.52. The Morgan fingerprint density at radius 3 is 2.29 bits per heavy atom. The SMILES string of the molecule is COCC(Oc1cc2c(NCc3cc(N)cc(C(F)(F)F)c3)nc(C)nc2cc1OC)C(F)(F)F. The van der Waals surface area contributed by atoms with Crippen molar-refractivity contribution in [3.63, 3.8) is 0 Å². The number of nitrogen functional groups attached to an aromatic ring is 1. The highest BCUT2D eigenvalue weighted by Crippen LogP contribution is 2.37. The van der Waals surface area contributed by atoms with Crippen LogP contribution in [0.15, 0.2) is 30.3 Å². The predicted molar refractivity (Wildman–Crippen MR) is 116 cm³/mol. The van der Waals surface area contributed by atoms with Crippen LogP contribution in [0.4, 0.5) is 37.8 Å². The van der Waals surface area contributed by atoms with Crippen LogP contribution >= 0.6 is 0 Å². The van der Waals surface area contributed by atoms with Gasteiger partial charge in [0.05, 0.1) is 24.8 Å². The summed E-state index contributed by atoms with van der Waals surface area (Å²) >= 11 is 0. The third-order valence-corrected chi connectivity index (χ3v) is 4.85. The number of aromatic nitrogens is 2. The van der Waals surface area contributed by atoms with Crippen molar-refractivity contribution in [3.8, 4) is 11.5 Å². The van der Waals surface area contributed by atoms with Gasteiger partial charge in [-0.15, -0.1) is 0 Å². The van der Waals surface area contributed by atoms with E-state index in [2.05, 4.69) is 20.0 Å². The minimum Gasteiger partial charge on any atom is -0.493 e. The molecule has 3 aromatic rings. The summed E-state index contributed by atoms with van der Waals surface area (Å²) in [5.74, 6) is 0.244. The van der Waals surface area contributed by atoms with Gasteiger partial charge in [0.25, 0.3) is 0 Å². The van der Waals surface area contributed by atoms with Gasteiger partial charge in [0.1, 0.15) is 11.6 Å². The summed E-state index contributed by atoms with van der Waals surface area (Å²) in [6.45, 7) is 0.732. The average Bonchev–Trinajstić information content (AvgIpc) is 2.75. The number of hydrogen-bond donors (Lipinski definition) is 2. The van der Waals surface area contributed by atoms with E-state index in [0.717, 1.165) is 19.2 Å². The molecule has 190 valence electrons. The molecule has 0 aliphatic rings. The lowest BCUT2D eigenvalue weighted by Crippen LogP contribution is -2.38. The van der Waals surface area contributed by atoms with Crippen molar-refractivity contribution in [1.82, 2.24) is 9.97 Å². The fourth-order valence-electron chi connectivity index (χ4n) is 3.31. The van der Waals surface area contributed by atoms with E-state index < -0.39 is 30.6 Å². The smallest absolute Gasteiger partial charge is 0.427 e. The number of benzene rings is 2. The molecule has 2 aromatic carbocycles. The number of halogens is 6. The van der Waals surface area contributed by atoms with E-state index in [9.17, 15) is 26.3 Å². The van der Waals surface area contributed by atoms with Gasteiger partial charge in [-0.1, -0.05) is 0 Å². The van der Waals surface area contributed by atoms with E-state index >= 15 is 0 Å². The Bertz CT molecular complexity index is 1200. The van der Waals surface area contributed by atoms with E-state index in [-0.39, 0.29) is 40.5 Å². The quantitative estimate of drug-likeness (QED) is 0.325. The Morgan fingerprint density at radius 2 is 1.69 bits per heavy atom. The van der Waals surface area contributed by atoms with Gasteiger partial charge in [-0.25, -0.2) is 9.97 Å². The van der Waals surface area contributed by atoms with Gasteiger partial charge in [0.15, 0.2) is 11.5 Å². The highest BCUT2D eigenvalue weighted by molar-refractivity contribution is 5.91. The number of nitrogens with two attached hydrogens (primary N) is 1. The van der Waals surface area contributed by atoms with Crippen molar-refractivity contribution < 1.29 is 40.6 Å². The summed E-state index contributed by atoms with van der Waals surface area (Å²) in [6, 6.07) is 5.78. The minimum absolute atomic E-state index is 0.00226. The fraction of sp³-hybridized carbons (Fsp3) is 0.364. The second kappa shape index (κ2) is 10.0. The van der Waals surface area contributed by atoms with Crippen molar-refractivity contribution in [3.05, 3.63) is 47.3 Å². The maximum absolute atomic E-state index is 13.4. The van der Waals surface area contributed by atoms with E-state index in [1.165, 1.54) is 25.3 Å². The standard InChI is InChI=1S/C22H22F6N4O3/c1-11-31-16-8-17(34-3)18(35-19(10-33-2)22(26,27)28)7-15(16)20(32-11)30-9-12-4-13(21(23,24)25)6-14(29)5-12/h4-8,19H,9-10,29H2,1-3H3,(H,30,31,32). The van der Waals surface area contributed by atoms with Crippen LogP contribution in [-0.2, 0) is 17.5 Å². The van der Waals surface area contributed by atoms with Crippen LogP contribution in [0.1, 0.15) is 17.0 Å². The number of ether oxygens (including phenoxy) is 3. The van der Waals surface area contributed by atoms with E-state index in [1.54, 1.807) is 6.92 Å². The van der Waals surface area contributed by atoms with Gasteiger partial charge in [-0.3, -0.25) is 0 Å². The summed E-state index contributed by atoms with van der Waals surface area (Å²) in [7, 11) is 2.37. The van der Waals surface area contributed by atoms with Gasteiger partial charge in [-0.2, -0.15) is 26.3 Å². The molecule has 35 heavy (non-hydrogen) atoms. The summed E-state index contributed by atoms with van der Waals surface area (Å²) in [5.41, 5.74) is 5.18. The monoisotopic (exact) mass is 504 g/mol. The molecule has 0 spiro atoms. The van der Waals surface area contributed by atoms with Crippen LogP contribution in [0.2, 0.25) is 0 Å². The molecular weight excluding hydrogens is 482 g/mol. The number of anilines is 2. The van der Waals surface area contributed by atoms with E-state index in [0.29, 0.717) is 11.3 Å². The van der Waals surface area contributed by atoms with Gasteiger partial charge in [0, 0.05) is 30.8 Å². The number of alkyl halides is 6. The normalized spacial score (nSPS) is 13.1. The molecule has 3 N–H and O–H groups in total. The second-order valence-electron chi connectivity index (χ2n) is 7.56. The summed E-state index contributed by atoms with van der Waals surface area (Å²) in [5, 5.41) is 3.18. The largest absolute Gasteiger partial charge is 0.493 e. The maximum Gasteiger partial charge on any atom is 0.427 e. The lowest BCUT2D eigenvalue weighted by molar-refractivity contribution is -0.206. The third-order valence-electron chi connectivity index (χ3n) is 4.85. The van der Waals surface area contributed by atoms with Crippen LogP contribution < -0.4 is 20.5 Å². The minimum atomic E-state index is -4.72. The highest BCUT2D eigenvalue weighted by atomic mass is 19.4. The van der Waals surface area contributed by atoms with Gasteiger partial charge >= 0.3 is 12.4 Å². The molecule has 0 saturated heterocycles. The number of fused-ring (bicyclic) bond motifs is 1. The van der Waals surface area contributed by atoms with Crippen molar-refractivity contribution in [2.75, 3.05) is 31.9 Å². The first-order chi connectivity index (χ1) is 16.3. The summed E-state index contributed by atoms with van der Waals surface area (Å²) in [6.07, 6.45) is -11.6. The Balaban J connectivity index is 2.00. The third kappa shape index (κ3) is 6.35. The van der Waals surface area contributed by atoms with Crippen LogP contribution in [0, 0.1) is 6.92 Å². The zero-order valence-electron chi connectivity index (χ0n) is 18.8. The number of nitrogens with zero attached hydrogens (tertiary/aromatic N) is 2. The van der Waals surface area contributed by atoms with Gasteiger partial charge in [-0.05, 0) is 36.8 Å². The molecule has 13 heteroatoms. The number of hydrogen-bond acceptors (Lipinski definition) is 7. The first-order valence-corrected chi connectivity index (χ1v) is 10.1. The highest BCUT2D eigenvalue weighted by Gasteiger charge is 2.42. The molecule has 7 nitrogen and oxygen atoms in total. The zero-order chi connectivity index (χ0) is 26.0.